The average Bonchev–Trinajstić information content (AvgIpc) is 1.76. The molecule has 0 atom stereocenters. The maximum atomic E-state index is 3.25. The van der Waals surface area contributed by atoms with Crippen LogP contribution in [-0.4, -0.2) is 15.5 Å². The number of nitrogens with zero attached hydrogens (tertiary/aromatic N) is 4. The molecular formula is CHN4Y+2. The number of rotatable bonds is 0. The van der Waals surface area contributed by atoms with Crippen LogP contribution in [0.15, 0.2) is 6.33 Å². The van der Waals surface area contributed by atoms with Crippen molar-refractivity contribution in [1.82, 2.24) is 20.6 Å². The molecule has 0 aliphatic rings. The van der Waals surface area contributed by atoms with Gasteiger partial charge in [-0.15, -0.1) is 0 Å². The maximum Gasteiger partial charge on any atom is 3.00 e. The van der Waals surface area contributed by atoms with Crippen LogP contribution in [0.3, 0.4) is 0 Å². The van der Waals surface area contributed by atoms with E-state index in [-0.39, 0.29) is 32.7 Å². The van der Waals surface area contributed by atoms with Gasteiger partial charge in [-0.1, -0.05) is 0 Å². The Morgan fingerprint density at radius 3 is 2.50 bits per heavy atom. The first-order chi connectivity index (χ1) is 2.50. The van der Waals surface area contributed by atoms with Gasteiger partial charge >= 0.3 is 32.7 Å². The van der Waals surface area contributed by atoms with E-state index in [0.717, 1.165) is 0 Å². The fourth-order valence-corrected chi connectivity index (χ4v) is 0.115. The second kappa shape index (κ2) is 3.37. The molecule has 0 radical (unpaired) electrons. The zero-order valence-corrected chi connectivity index (χ0v) is 5.78. The van der Waals surface area contributed by atoms with E-state index in [1.165, 1.54) is 6.33 Å². The minimum Gasteiger partial charge on any atom is -0.339 e. The Labute approximate surface area is 59.6 Å². The van der Waals surface area contributed by atoms with E-state index in [1.54, 1.807) is 0 Å². The summed E-state index contributed by atoms with van der Waals surface area (Å²) in [5.41, 5.74) is 0. The predicted octanol–water partition coefficient (Wildman–Crippen LogP) is -1.17. The van der Waals surface area contributed by atoms with Crippen molar-refractivity contribution in [2.75, 3.05) is 0 Å². The topological polar surface area (TPSA) is 52.8 Å². The summed E-state index contributed by atoms with van der Waals surface area (Å²) in [6.45, 7) is 0. The predicted molar refractivity (Wildman–Crippen MR) is 13.1 cm³/mol. The van der Waals surface area contributed by atoms with Gasteiger partial charge in [0.2, 0.25) is 0 Å². The Morgan fingerprint density at radius 1 is 1.50 bits per heavy atom. The molecule has 1 heterocycles. The SMILES string of the molecule is [Y+3].c1nnn[n-]1. The molecule has 0 aliphatic carbocycles. The van der Waals surface area contributed by atoms with Crippen molar-refractivity contribution in [3.63, 3.8) is 0 Å². The van der Waals surface area contributed by atoms with Gasteiger partial charge in [-0.25, -0.2) is 0 Å². The fraction of sp³-hybridized carbons (Fsp3) is 0. The van der Waals surface area contributed by atoms with E-state index in [4.69, 9.17) is 0 Å². The van der Waals surface area contributed by atoms with Crippen molar-refractivity contribution in [2.45, 2.75) is 0 Å². The molecule has 5 heteroatoms. The summed E-state index contributed by atoms with van der Waals surface area (Å²) in [5.74, 6) is 0. The normalized spacial score (nSPS) is 6.67. The first kappa shape index (κ1) is 6.17. The van der Waals surface area contributed by atoms with Crippen molar-refractivity contribution < 1.29 is 32.7 Å². The van der Waals surface area contributed by atoms with Crippen molar-refractivity contribution in [1.29, 1.82) is 0 Å². The largest absolute Gasteiger partial charge is 3.00 e. The molecule has 0 saturated carbocycles. The Balaban J connectivity index is 0.000000250. The van der Waals surface area contributed by atoms with Crippen LogP contribution in [-0.2, 0) is 32.7 Å². The molecule has 0 aromatic carbocycles. The molecule has 1 aromatic heterocycles. The third-order valence-corrected chi connectivity index (χ3v) is 0.247. The summed E-state index contributed by atoms with van der Waals surface area (Å²) in [6, 6.07) is 0. The standard InChI is InChI=1S/CHN4.Y/c1-2-4-5-3-1;/h1H;/q-1;+3. The average molecular weight is 158 g/mol. The monoisotopic (exact) mass is 158 g/mol. The van der Waals surface area contributed by atoms with Gasteiger partial charge in [0, 0.05) is 0 Å². The summed E-state index contributed by atoms with van der Waals surface area (Å²) in [5, 5.41) is 12.7. The summed E-state index contributed by atoms with van der Waals surface area (Å²) in [6.07, 6.45) is 1.28. The second-order valence-corrected chi connectivity index (χ2v) is 0.525. The van der Waals surface area contributed by atoms with E-state index in [1.807, 2.05) is 0 Å². The summed E-state index contributed by atoms with van der Waals surface area (Å²) in [7, 11) is 0. The molecular weight excluding hydrogens is 157 g/mol. The van der Waals surface area contributed by atoms with Gasteiger partial charge in [-0.2, -0.15) is 5.21 Å². The van der Waals surface area contributed by atoms with Crippen LogP contribution in [0.2, 0.25) is 0 Å². The molecule has 0 aliphatic heterocycles. The zero-order chi connectivity index (χ0) is 3.54. The Kier molecular flexibility index (Phi) is 3.46. The molecule has 1 aromatic rings. The van der Waals surface area contributed by atoms with E-state index in [0.29, 0.717) is 0 Å². The Bertz CT molecular complexity index is 64.0. The quantitative estimate of drug-likeness (QED) is 0.477. The maximum absolute atomic E-state index is 3.25. The van der Waals surface area contributed by atoms with Crippen LogP contribution in [0, 0.1) is 0 Å². The zero-order valence-electron chi connectivity index (χ0n) is 2.94. The molecule has 0 fully saturated rings. The molecule has 0 amide bonds. The van der Waals surface area contributed by atoms with Gasteiger partial charge in [0.25, 0.3) is 0 Å². The van der Waals surface area contributed by atoms with Crippen LogP contribution in [0.1, 0.15) is 0 Å². The summed E-state index contributed by atoms with van der Waals surface area (Å²) >= 11 is 0. The van der Waals surface area contributed by atoms with Crippen molar-refractivity contribution in [2.24, 2.45) is 0 Å². The number of aromatic nitrogens is 4. The van der Waals surface area contributed by atoms with Crippen LogP contribution in [0.5, 0.6) is 0 Å². The smallest absolute Gasteiger partial charge is 0.339 e. The molecule has 0 spiro atoms. The second-order valence-electron chi connectivity index (χ2n) is 0.525. The van der Waals surface area contributed by atoms with Crippen LogP contribution < -0.4 is 5.10 Å². The first-order valence-electron chi connectivity index (χ1n) is 1.12. The molecule has 0 saturated heterocycles. The fourth-order valence-electron chi connectivity index (χ4n) is 0.115. The molecule has 26 valence electrons. The Hall–Kier alpha value is 0.174. The van der Waals surface area contributed by atoms with Crippen molar-refractivity contribution in [3.05, 3.63) is 6.33 Å². The first-order valence-corrected chi connectivity index (χ1v) is 1.12. The number of tetrazole rings is 1. The van der Waals surface area contributed by atoms with Gasteiger partial charge in [0.05, 0.1) is 0 Å². The van der Waals surface area contributed by atoms with E-state index >= 15 is 0 Å². The van der Waals surface area contributed by atoms with Crippen LogP contribution >= 0.6 is 0 Å². The third-order valence-electron chi connectivity index (χ3n) is 0.247. The number of hydrogen-bond acceptors (Lipinski definition) is 3. The molecule has 4 nitrogen and oxygen atoms in total. The van der Waals surface area contributed by atoms with E-state index < -0.39 is 0 Å². The van der Waals surface area contributed by atoms with E-state index in [2.05, 4.69) is 20.6 Å². The van der Waals surface area contributed by atoms with Crippen molar-refractivity contribution >= 4 is 0 Å². The van der Waals surface area contributed by atoms with Gasteiger partial charge in [0.1, 0.15) is 0 Å². The molecule has 0 N–H and O–H groups in total. The summed E-state index contributed by atoms with van der Waals surface area (Å²) in [4.78, 5) is 0. The van der Waals surface area contributed by atoms with Crippen molar-refractivity contribution in [3.8, 4) is 0 Å². The van der Waals surface area contributed by atoms with Gasteiger partial charge in [-0.3, -0.25) is 10.3 Å². The summed E-state index contributed by atoms with van der Waals surface area (Å²) < 4.78 is 0. The molecule has 6 heavy (non-hydrogen) atoms. The Morgan fingerprint density at radius 2 is 2.33 bits per heavy atom. The minimum atomic E-state index is 0. The van der Waals surface area contributed by atoms with E-state index in [9.17, 15) is 0 Å². The number of hydrogen-bond donors (Lipinski definition) is 0. The van der Waals surface area contributed by atoms with Crippen LogP contribution in [0.4, 0.5) is 0 Å². The molecule has 0 bridgehead atoms. The van der Waals surface area contributed by atoms with Crippen LogP contribution in [0.25, 0.3) is 0 Å². The third kappa shape index (κ3) is 1.57. The minimum absolute atomic E-state index is 0. The molecule has 1 rings (SSSR count). The van der Waals surface area contributed by atoms with Gasteiger partial charge in [0.15, 0.2) is 0 Å². The van der Waals surface area contributed by atoms with Gasteiger partial charge < -0.3 is 5.10 Å². The molecule has 0 unspecified atom stereocenters. The van der Waals surface area contributed by atoms with Gasteiger partial charge in [-0.05, 0) is 6.33 Å².